The van der Waals surface area contributed by atoms with Crippen LogP contribution < -0.4 is 4.74 Å². The maximum Gasteiger partial charge on any atom is 0.123 e. The molecule has 100 valence electrons. The first-order valence-corrected chi connectivity index (χ1v) is 7.54. The Morgan fingerprint density at radius 2 is 2.00 bits per heavy atom. The molecule has 1 aliphatic rings. The van der Waals surface area contributed by atoms with Crippen LogP contribution in [0.4, 0.5) is 0 Å². The summed E-state index contributed by atoms with van der Waals surface area (Å²) in [6.45, 7) is 1.30. The number of nitrogens with zero attached hydrogens (tertiary/aromatic N) is 1. The van der Waals surface area contributed by atoms with Crippen LogP contribution in [0, 0.1) is 0 Å². The summed E-state index contributed by atoms with van der Waals surface area (Å²) in [6, 6.07) is 8.06. The molecule has 0 bridgehead atoms. The van der Waals surface area contributed by atoms with Gasteiger partial charge >= 0.3 is 0 Å². The van der Waals surface area contributed by atoms with Crippen molar-refractivity contribution < 1.29 is 9.47 Å². The molecule has 0 amide bonds. The lowest BCUT2D eigenvalue weighted by Gasteiger charge is -2.25. The summed E-state index contributed by atoms with van der Waals surface area (Å²) in [7, 11) is 0. The molecule has 2 aromatic rings. The van der Waals surface area contributed by atoms with Gasteiger partial charge in [0.15, 0.2) is 0 Å². The van der Waals surface area contributed by atoms with Crippen molar-refractivity contribution in [3.63, 3.8) is 0 Å². The van der Waals surface area contributed by atoms with Crippen molar-refractivity contribution in [1.29, 1.82) is 0 Å². The van der Waals surface area contributed by atoms with Crippen LogP contribution in [0.25, 0.3) is 10.6 Å². The minimum atomic E-state index is 0.482. The van der Waals surface area contributed by atoms with E-state index in [4.69, 9.17) is 9.47 Å². The van der Waals surface area contributed by atoms with Gasteiger partial charge in [0.25, 0.3) is 0 Å². The van der Waals surface area contributed by atoms with Crippen LogP contribution in [-0.2, 0) is 4.74 Å². The van der Waals surface area contributed by atoms with Crippen molar-refractivity contribution in [1.82, 2.24) is 4.98 Å². The third-order valence-electron chi connectivity index (χ3n) is 3.29. The van der Waals surface area contributed by atoms with Crippen molar-refractivity contribution >= 4 is 11.3 Å². The summed E-state index contributed by atoms with van der Waals surface area (Å²) in [4.78, 5) is 4.28. The van der Waals surface area contributed by atoms with E-state index in [0.717, 1.165) is 16.3 Å². The Hall–Kier alpha value is -1.39. The monoisotopic (exact) mass is 275 g/mol. The molecule has 0 N–H and O–H groups in total. The highest BCUT2D eigenvalue weighted by atomic mass is 32.1. The topological polar surface area (TPSA) is 31.4 Å². The van der Waals surface area contributed by atoms with Crippen LogP contribution in [-0.4, -0.2) is 24.3 Å². The Morgan fingerprint density at radius 3 is 2.63 bits per heavy atom. The third kappa shape index (κ3) is 3.33. The average molecular weight is 275 g/mol. The molecule has 1 aromatic carbocycles. The van der Waals surface area contributed by atoms with E-state index < -0.39 is 0 Å². The number of rotatable bonds is 6. The molecular weight excluding hydrogens is 258 g/mol. The normalized spacial score (nSPS) is 15.2. The number of benzene rings is 1. The number of hydrogen-bond acceptors (Lipinski definition) is 4. The second-order valence-corrected chi connectivity index (χ2v) is 5.53. The minimum absolute atomic E-state index is 0.482. The van der Waals surface area contributed by atoms with E-state index in [1.165, 1.54) is 19.3 Å². The predicted molar refractivity (Wildman–Crippen MR) is 76.6 cm³/mol. The SMILES string of the molecule is c1csc(-c2ccc(OCCOC3CCC3)cc2)n1. The molecule has 1 fully saturated rings. The Balaban J connectivity index is 1.46. The highest BCUT2D eigenvalue weighted by molar-refractivity contribution is 7.13. The first kappa shape index (κ1) is 12.6. The molecule has 0 radical (unpaired) electrons. The molecule has 4 heteroatoms. The first-order valence-electron chi connectivity index (χ1n) is 6.66. The largest absolute Gasteiger partial charge is 0.491 e. The summed E-state index contributed by atoms with van der Waals surface area (Å²) in [5.74, 6) is 0.887. The average Bonchev–Trinajstić information content (AvgIpc) is 2.91. The van der Waals surface area contributed by atoms with Gasteiger partial charge in [0.05, 0.1) is 12.7 Å². The third-order valence-corrected chi connectivity index (χ3v) is 4.11. The van der Waals surface area contributed by atoms with Crippen LogP contribution in [0.5, 0.6) is 5.75 Å². The Bertz CT molecular complexity index is 491. The second kappa shape index (κ2) is 6.17. The van der Waals surface area contributed by atoms with Crippen molar-refractivity contribution in [2.24, 2.45) is 0 Å². The van der Waals surface area contributed by atoms with Crippen molar-refractivity contribution in [3.05, 3.63) is 35.8 Å². The van der Waals surface area contributed by atoms with Gasteiger partial charge in [-0.05, 0) is 43.5 Å². The van der Waals surface area contributed by atoms with E-state index in [-0.39, 0.29) is 0 Å². The number of aromatic nitrogens is 1. The van der Waals surface area contributed by atoms with E-state index >= 15 is 0 Å². The molecule has 19 heavy (non-hydrogen) atoms. The standard InChI is InChI=1S/C15H17NO2S/c1-2-13(3-1)17-9-10-18-14-6-4-12(5-7-14)15-16-8-11-19-15/h4-8,11,13H,1-3,9-10H2. The Morgan fingerprint density at radius 1 is 1.16 bits per heavy atom. The fraction of sp³-hybridized carbons (Fsp3) is 0.400. The Kier molecular flexibility index (Phi) is 4.10. The van der Waals surface area contributed by atoms with Gasteiger partial charge in [-0.15, -0.1) is 11.3 Å². The van der Waals surface area contributed by atoms with E-state index in [2.05, 4.69) is 4.98 Å². The van der Waals surface area contributed by atoms with Crippen molar-refractivity contribution in [3.8, 4) is 16.3 Å². The lowest BCUT2D eigenvalue weighted by Crippen LogP contribution is -2.23. The fourth-order valence-electron chi connectivity index (χ4n) is 1.97. The van der Waals surface area contributed by atoms with Crippen molar-refractivity contribution in [2.45, 2.75) is 25.4 Å². The van der Waals surface area contributed by atoms with E-state index in [0.29, 0.717) is 19.3 Å². The lowest BCUT2D eigenvalue weighted by molar-refractivity contribution is -0.0103. The molecule has 0 unspecified atom stereocenters. The minimum Gasteiger partial charge on any atom is -0.491 e. The number of hydrogen-bond donors (Lipinski definition) is 0. The number of ether oxygens (including phenoxy) is 2. The Labute approximate surface area is 117 Å². The molecule has 1 heterocycles. The molecule has 3 nitrogen and oxygen atoms in total. The maximum absolute atomic E-state index is 5.66. The van der Waals surface area contributed by atoms with E-state index in [9.17, 15) is 0 Å². The molecular formula is C15H17NO2S. The molecule has 1 aliphatic carbocycles. The van der Waals surface area contributed by atoms with E-state index in [1.807, 2.05) is 35.8 Å². The smallest absolute Gasteiger partial charge is 0.123 e. The second-order valence-electron chi connectivity index (χ2n) is 4.63. The fourth-order valence-corrected chi connectivity index (χ4v) is 2.62. The summed E-state index contributed by atoms with van der Waals surface area (Å²) in [6.07, 6.45) is 6.03. The zero-order chi connectivity index (χ0) is 12.9. The summed E-state index contributed by atoms with van der Waals surface area (Å²) in [5, 5.41) is 3.03. The van der Waals surface area contributed by atoms with Gasteiger partial charge in [-0.3, -0.25) is 0 Å². The van der Waals surface area contributed by atoms with Crippen LogP contribution in [0.15, 0.2) is 35.8 Å². The lowest BCUT2D eigenvalue weighted by atomic mass is 9.96. The summed E-state index contributed by atoms with van der Waals surface area (Å²) >= 11 is 1.64. The van der Waals surface area contributed by atoms with Gasteiger partial charge in [0, 0.05) is 17.1 Å². The number of thiazole rings is 1. The summed E-state index contributed by atoms with van der Waals surface area (Å²) in [5.41, 5.74) is 1.13. The van der Waals surface area contributed by atoms with Gasteiger partial charge in [0.1, 0.15) is 17.4 Å². The van der Waals surface area contributed by atoms with Crippen LogP contribution in [0.2, 0.25) is 0 Å². The molecule has 0 aliphatic heterocycles. The van der Waals surface area contributed by atoms with Crippen LogP contribution in [0.1, 0.15) is 19.3 Å². The van der Waals surface area contributed by atoms with Gasteiger partial charge in [0.2, 0.25) is 0 Å². The van der Waals surface area contributed by atoms with Gasteiger partial charge in [-0.25, -0.2) is 4.98 Å². The zero-order valence-electron chi connectivity index (χ0n) is 10.7. The molecule has 0 saturated heterocycles. The molecule has 0 spiro atoms. The van der Waals surface area contributed by atoms with Crippen molar-refractivity contribution in [2.75, 3.05) is 13.2 Å². The highest BCUT2D eigenvalue weighted by Gasteiger charge is 2.17. The predicted octanol–water partition coefficient (Wildman–Crippen LogP) is 3.76. The van der Waals surface area contributed by atoms with E-state index in [1.54, 1.807) is 11.3 Å². The molecule has 1 saturated carbocycles. The first-order chi connectivity index (χ1) is 9.42. The van der Waals surface area contributed by atoms with Crippen LogP contribution >= 0.6 is 11.3 Å². The molecule has 3 rings (SSSR count). The zero-order valence-corrected chi connectivity index (χ0v) is 11.6. The summed E-state index contributed by atoms with van der Waals surface area (Å²) < 4.78 is 11.3. The maximum atomic E-state index is 5.66. The van der Waals surface area contributed by atoms with Gasteiger partial charge in [-0.2, -0.15) is 0 Å². The van der Waals surface area contributed by atoms with Gasteiger partial charge in [-0.1, -0.05) is 0 Å². The van der Waals surface area contributed by atoms with Gasteiger partial charge < -0.3 is 9.47 Å². The quantitative estimate of drug-likeness (QED) is 0.752. The molecule has 1 aromatic heterocycles. The highest BCUT2D eigenvalue weighted by Crippen LogP contribution is 2.24. The van der Waals surface area contributed by atoms with Crippen LogP contribution in [0.3, 0.4) is 0 Å². The molecule has 0 atom stereocenters.